The third-order valence-electron chi connectivity index (χ3n) is 3.73. The molecule has 3 rings (SSSR count). The molecular weight excluding hydrogens is 354 g/mol. The number of halogens is 1. The zero-order chi connectivity index (χ0) is 18.5. The molecule has 0 radical (unpaired) electrons. The van der Waals surface area contributed by atoms with Crippen molar-refractivity contribution in [1.29, 1.82) is 0 Å². The van der Waals surface area contributed by atoms with Crippen LogP contribution in [-0.2, 0) is 9.53 Å². The fourth-order valence-corrected chi connectivity index (χ4v) is 2.71. The third kappa shape index (κ3) is 4.13. The molecule has 3 aromatic rings. The summed E-state index contributed by atoms with van der Waals surface area (Å²) in [5.74, 6) is -0.696. The van der Waals surface area contributed by atoms with Gasteiger partial charge < -0.3 is 14.8 Å². The van der Waals surface area contributed by atoms with E-state index >= 15 is 0 Å². The molecule has 6 heteroatoms. The maximum atomic E-state index is 12.4. The van der Waals surface area contributed by atoms with Gasteiger partial charge in [-0.2, -0.15) is 0 Å². The van der Waals surface area contributed by atoms with Gasteiger partial charge >= 0.3 is 5.97 Å². The van der Waals surface area contributed by atoms with Crippen molar-refractivity contribution in [2.45, 2.75) is 0 Å². The molecule has 132 valence electrons. The molecule has 0 spiro atoms. The number of carbonyl (C=O) groups is 2. The largest absolute Gasteiger partial charge is 0.496 e. The van der Waals surface area contributed by atoms with E-state index in [1.165, 1.54) is 7.11 Å². The van der Waals surface area contributed by atoms with E-state index in [9.17, 15) is 9.59 Å². The minimum Gasteiger partial charge on any atom is -0.496 e. The van der Waals surface area contributed by atoms with E-state index in [4.69, 9.17) is 21.1 Å². The van der Waals surface area contributed by atoms with Crippen LogP contribution in [0, 0.1) is 0 Å². The number of carbonyl (C=O) groups excluding carboxylic acids is 2. The summed E-state index contributed by atoms with van der Waals surface area (Å²) < 4.78 is 10.4. The number of benzene rings is 3. The molecule has 1 N–H and O–H groups in total. The van der Waals surface area contributed by atoms with Crippen LogP contribution in [0.1, 0.15) is 10.4 Å². The molecule has 0 fully saturated rings. The van der Waals surface area contributed by atoms with Gasteiger partial charge in [0.2, 0.25) is 0 Å². The first-order valence-corrected chi connectivity index (χ1v) is 8.24. The first-order chi connectivity index (χ1) is 12.6. The lowest BCUT2D eigenvalue weighted by molar-refractivity contribution is -0.119. The van der Waals surface area contributed by atoms with Crippen molar-refractivity contribution in [2.75, 3.05) is 19.0 Å². The van der Waals surface area contributed by atoms with Crippen LogP contribution in [0.25, 0.3) is 10.8 Å². The molecule has 0 saturated carbocycles. The lowest BCUT2D eigenvalue weighted by Crippen LogP contribution is -2.21. The van der Waals surface area contributed by atoms with Gasteiger partial charge in [-0.1, -0.05) is 41.9 Å². The summed E-state index contributed by atoms with van der Waals surface area (Å²) in [6, 6.07) is 17.7. The van der Waals surface area contributed by atoms with E-state index in [1.54, 1.807) is 36.4 Å². The van der Waals surface area contributed by atoms with Crippen molar-refractivity contribution in [1.82, 2.24) is 0 Å². The van der Waals surface area contributed by atoms with Gasteiger partial charge in [-0.3, -0.25) is 4.79 Å². The van der Waals surface area contributed by atoms with Crippen molar-refractivity contribution in [2.24, 2.45) is 0 Å². The zero-order valence-electron chi connectivity index (χ0n) is 14.0. The average molecular weight is 370 g/mol. The Bertz CT molecular complexity index is 971. The molecule has 0 aromatic heterocycles. The second kappa shape index (κ2) is 7.89. The molecule has 0 aliphatic rings. The Labute approximate surface area is 155 Å². The van der Waals surface area contributed by atoms with Crippen LogP contribution in [0.2, 0.25) is 5.02 Å². The van der Waals surface area contributed by atoms with Crippen LogP contribution < -0.4 is 10.1 Å². The molecule has 26 heavy (non-hydrogen) atoms. The molecule has 0 aliphatic carbocycles. The average Bonchev–Trinajstić information content (AvgIpc) is 2.65. The zero-order valence-corrected chi connectivity index (χ0v) is 14.7. The molecule has 1 amide bonds. The maximum absolute atomic E-state index is 12.4. The minimum atomic E-state index is -0.631. The summed E-state index contributed by atoms with van der Waals surface area (Å²) in [5.41, 5.74) is 0.795. The SMILES string of the molecule is COc1cc2ccccc2cc1C(=O)OCC(=O)Nc1cccc(Cl)c1. The van der Waals surface area contributed by atoms with Gasteiger partial charge in [-0.05, 0) is 41.1 Å². The molecule has 5 nitrogen and oxygen atoms in total. The van der Waals surface area contributed by atoms with Crippen LogP contribution in [0.5, 0.6) is 5.75 Å². The van der Waals surface area contributed by atoms with Crippen LogP contribution in [0.4, 0.5) is 5.69 Å². The molecule has 3 aromatic carbocycles. The quantitative estimate of drug-likeness (QED) is 0.681. The predicted octanol–water partition coefficient (Wildman–Crippen LogP) is 4.30. The first kappa shape index (κ1) is 17.8. The van der Waals surface area contributed by atoms with Crippen molar-refractivity contribution in [3.63, 3.8) is 0 Å². The van der Waals surface area contributed by atoms with Crippen molar-refractivity contribution < 1.29 is 19.1 Å². The predicted molar refractivity (Wildman–Crippen MR) is 101 cm³/mol. The highest BCUT2D eigenvalue weighted by molar-refractivity contribution is 6.30. The number of rotatable bonds is 5. The molecule has 0 saturated heterocycles. The van der Waals surface area contributed by atoms with Gasteiger partial charge in [-0.15, -0.1) is 0 Å². The van der Waals surface area contributed by atoms with E-state index in [0.29, 0.717) is 16.5 Å². The Hall–Kier alpha value is -3.05. The van der Waals surface area contributed by atoms with Crippen molar-refractivity contribution in [3.05, 3.63) is 71.2 Å². The summed E-state index contributed by atoms with van der Waals surface area (Å²) in [6.45, 7) is -0.415. The Morgan fingerprint density at radius 2 is 1.73 bits per heavy atom. The minimum absolute atomic E-state index is 0.266. The molecular formula is C20H16ClNO4. The first-order valence-electron chi connectivity index (χ1n) is 7.86. The monoisotopic (exact) mass is 369 g/mol. The van der Waals surface area contributed by atoms with Crippen LogP contribution in [-0.4, -0.2) is 25.6 Å². The summed E-state index contributed by atoms with van der Waals surface area (Å²) in [6.07, 6.45) is 0. The van der Waals surface area contributed by atoms with Gasteiger partial charge in [0, 0.05) is 10.7 Å². The number of esters is 1. The number of hydrogen-bond acceptors (Lipinski definition) is 4. The standard InChI is InChI=1S/C20H16ClNO4/c1-25-18-10-14-6-3-2-5-13(14)9-17(18)20(24)26-12-19(23)22-16-8-4-7-15(21)11-16/h2-11H,12H2,1H3,(H,22,23). The number of ether oxygens (including phenoxy) is 2. The lowest BCUT2D eigenvalue weighted by atomic mass is 10.1. The third-order valence-corrected chi connectivity index (χ3v) is 3.97. The molecule has 0 aliphatic heterocycles. The van der Waals surface area contributed by atoms with E-state index in [0.717, 1.165) is 10.8 Å². The Morgan fingerprint density at radius 1 is 1.00 bits per heavy atom. The fourth-order valence-electron chi connectivity index (χ4n) is 2.52. The molecule has 0 unspecified atom stereocenters. The normalized spacial score (nSPS) is 10.4. The highest BCUT2D eigenvalue weighted by atomic mass is 35.5. The van der Waals surface area contributed by atoms with E-state index in [2.05, 4.69) is 5.32 Å². The smallest absolute Gasteiger partial charge is 0.342 e. The van der Waals surface area contributed by atoms with Gasteiger partial charge in [0.05, 0.1) is 7.11 Å². The number of nitrogens with one attached hydrogen (secondary N) is 1. The van der Waals surface area contributed by atoms with Gasteiger partial charge in [0.1, 0.15) is 11.3 Å². The number of hydrogen-bond donors (Lipinski definition) is 1. The van der Waals surface area contributed by atoms with Crippen LogP contribution in [0.15, 0.2) is 60.7 Å². The van der Waals surface area contributed by atoms with Crippen LogP contribution >= 0.6 is 11.6 Å². The van der Waals surface area contributed by atoms with Crippen molar-refractivity contribution >= 4 is 39.9 Å². The Kier molecular flexibility index (Phi) is 5.39. The fraction of sp³-hybridized carbons (Fsp3) is 0.100. The highest BCUT2D eigenvalue weighted by Gasteiger charge is 2.16. The van der Waals surface area contributed by atoms with E-state index in [-0.39, 0.29) is 5.56 Å². The summed E-state index contributed by atoms with van der Waals surface area (Å²) in [4.78, 5) is 24.3. The van der Waals surface area contributed by atoms with E-state index < -0.39 is 18.5 Å². The molecule has 0 heterocycles. The number of fused-ring (bicyclic) bond motifs is 1. The van der Waals surface area contributed by atoms with E-state index in [1.807, 2.05) is 24.3 Å². The second-order valence-corrected chi connectivity index (χ2v) is 5.97. The van der Waals surface area contributed by atoms with Gasteiger partial charge in [0.25, 0.3) is 5.91 Å². The topological polar surface area (TPSA) is 64.6 Å². The summed E-state index contributed by atoms with van der Waals surface area (Å²) >= 11 is 5.87. The van der Waals surface area contributed by atoms with Crippen LogP contribution in [0.3, 0.4) is 0 Å². The maximum Gasteiger partial charge on any atom is 0.342 e. The van der Waals surface area contributed by atoms with Crippen molar-refractivity contribution in [3.8, 4) is 5.75 Å². The van der Waals surface area contributed by atoms with Gasteiger partial charge in [0.15, 0.2) is 6.61 Å². The molecule has 0 atom stereocenters. The summed E-state index contributed by atoms with van der Waals surface area (Å²) in [5, 5.41) is 4.94. The Balaban J connectivity index is 1.69. The molecule has 0 bridgehead atoms. The van der Waals surface area contributed by atoms with Gasteiger partial charge in [-0.25, -0.2) is 4.79 Å². The number of amides is 1. The second-order valence-electron chi connectivity index (χ2n) is 5.53. The Morgan fingerprint density at radius 3 is 2.42 bits per heavy atom. The highest BCUT2D eigenvalue weighted by Crippen LogP contribution is 2.26. The number of methoxy groups -OCH3 is 1. The lowest BCUT2D eigenvalue weighted by Gasteiger charge is -2.11. The number of anilines is 1. The summed E-state index contributed by atoms with van der Waals surface area (Å²) in [7, 11) is 1.48.